The minimum atomic E-state index is -0.121. The van der Waals surface area contributed by atoms with Gasteiger partial charge in [0.05, 0.1) is 6.10 Å². The summed E-state index contributed by atoms with van der Waals surface area (Å²) < 4.78 is 5.10. The van der Waals surface area contributed by atoms with E-state index in [1.54, 1.807) is 0 Å². The minimum absolute atomic E-state index is 0.0671. The van der Waals surface area contributed by atoms with E-state index in [-0.39, 0.29) is 18.6 Å². The van der Waals surface area contributed by atoms with Crippen molar-refractivity contribution < 1.29 is 14.3 Å². The first-order valence-electron chi connectivity index (χ1n) is 4.72. The van der Waals surface area contributed by atoms with Gasteiger partial charge in [-0.1, -0.05) is 0 Å². The Morgan fingerprint density at radius 3 is 2.71 bits per heavy atom. The Bertz CT molecular complexity index is 171. The molecule has 0 aromatic rings. The molecule has 0 aromatic heterocycles. The highest BCUT2D eigenvalue weighted by Gasteiger charge is 2.01. The topological polar surface area (TPSA) is 67.4 Å². The van der Waals surface area contributed by atoms with Crippen molar-refractivity contribution in [3.05, 3.63) is 0 Å². The largest absolute Gasteiger partial charge is 0.369 e. The van der Waals surface area contributed by atoms with E-state index < -0.39 is 0 Å². The van der Waals surface area contributed by atoms with Crippen molar-refractivity contribution >= 4 is 12.3 Å². The van der Waals surface area contributed by atoms with Crippen LogP contribution in [0, 0.1) is 0 Å². The Labute approximate surface area is 84.2 Å². The second-order valence-electron chi connectivity index (χ2n) is 3.14. The molecule has 0 aliphatic rings. The molecule has 0 aliphatic carbocycles. The first kappa shape index (κ1) is 12.9. The van der Waals surface area contributed by atoms with Gasteiger partial charge in [0, 0.05) is 13.1 Å². The molecule has 5 heteroatoms. The lowest BCUT2D eigenvalue weighted by atomic mass is 10.4. The van der Waals surface area contributed by atoms with Gasteiger partial charge in [0.2, 0.25) is 12.3 Å². The first-order valence-corrected chi connectivity index (χ1v) is 4.72. The van der Waals surface area contributed by atoms with E-state index in [1.807, 2.05) is 13.8 Å². The van der Waals surface area contributed by atoms with Crippen LogP contribution >= 0.6 is 0 Å². The van der Waals surface area contributed by atoms with Crippen molar-refractivity contribution in [2.75, 3.05) is 19.7 Å². The van der Waals surface area contributed by atoms with E-state index in [1.165, 1.54) is 0 Å². The maximum Gasteiger partial charge on any atom is 0.246 e. The lowest BCUT2D eigenvalue weighted by molar-refractivity contribution is -0.127. The standard InChI is InChI=1S/C9H18N2O3/c1-8(2)14-6-9(13)11-5-3-4-10-7-12/h7-8H,3-6H2,1-2H3,(H,10,12)(H,11,13). The summed E-state index contributed by atoms with van der Waals surface area (Å²) in [5.41, 5.74) is 0. The van der Waals surface area contributed by atoms with Crippen LogP contribution in [0.2, 0.25) is 0 Å². The van der Waals surface area contributed by atoms with Gasteiger partial charge in [-0.05, 0) is 20.3 Å². The van der Waals surface area contributed by atoms with Crippen molar-refractivity contribution in [1.29, 1.82) is 0 Å². The van der Waals surface area contributed by atoms with Gasteiger partial charge in [-0.3, -0.25) is 9.59 Å². The predicted molar refractivity (Wildman–Crippen MR) is 52.8 cm³/mol. The van der Waals surface area contributed by atoms with Crippen molar-refractivity contribution in [1.82, 2.24) is 10.6 Å². The number of ether oxygens (including phenoxy) is 1. The third kappa shape index (κ3) is 8.99. The lowest BCUT2D eigenvalue weighted by Gasteiger charge is -2.07. The number of rotatable bonds is 8. The van der Waals surface area contributed by atoms with Crippen molar-refractivity contribution in [3.8, 4) is 0 Å². The fraction of sp³-hybridized carbons (Fsp3) is 0.778. The SMILES string of the molecule is CC(C)OCC(=O)NCCCNC=O. The summed E-state index contributed by atoms with van der Waals surface area (Å²) in [4.78, 5) is 20.9. The summed E-state index contributed by atoms with van der Waals surface area (Å²) in [6.45, 7) is 4.98. The fourth-order valence-corrected chi connectivity index (χ4v) is 0.771. The smallest absolute Gasteiger partial charge is 0.246 e. The molecule has 2 N–H and O–H groups in total. The molecule has 0 saturated heterocycles. The number of hydrogen-bond acceptors (Lipinski definition) is 3. The van der Waals surface area contributed by atoms with Gasteiger partial charge in [0.1, 0.15) is 6.61 Å². The molecule has 0 heterocycles. The molecule has 14 heavy (non-hydrogen) atoms. The minimum Gasteiger partial charge on any atom is -0.369 e. The van der Waals surface area contributed by atoms with Crippen molar-refractivity contribution in [2.24, 2.45) is 0 Å². The average Bonchev–Trinajstić information content (AvgIpc) is 2.14. The Hall–Kier alpha value is -1.10. The Morgan fingerprint density at radius 1 is 1.43 bits per heavy atom. The molecule has 82 valence electrons. The van der Waals surface area contributed by atoms with E-state index in [4.69, 9.17) is 4.74 Å². The quantitative estimate of drug-likeness (QED) is 0.418. The molecule has 0 spiro atoms. The number of nitrogens with one attached hydrogen (secondary N) is 2. The van der Waals surface area contributed by atoms with Gasteiger partial charge in [0.25, 0.3) is 0 Å². The Kier molecular flexibility index (Phi) is 7.83. The maximum atomic E-state index is 11.1. The number of amides is 2. The maximum absolute atomic E-state index is 11.1. The highest BCUT2D eigenvalue weighted by Crippen LogP contribution is 1.86. The van der Waals surface area contributed by atoms with E-state index in [9.17, 15) is 9.59 Å². The molecule has 0 unspecified atom stereocenters. The van der Waals surface area contributed by atoms with E-state index in [2.05, 4.69) is 10.6 Å². The van der Waals surface area contributed by atoms with Gasteiger partial charge in [-0.25, -0.2) is 0 Å². The second kappa shape index (κ2) is 8.50. The van der Waals surface area contributed by atoms with E-state index in [0.717, 1.165) is 6.42 Å². The molecular weight excluding hydrogens is 184 g/mol. The van der Waals surface area contributed by atoms with Crippen molar-refractivity contribution in [2.45, 2.75) is 26.4 Å². The molecule has 0 bridgehead atoms. The van der Waals surface area contributed by atoms with Crippen LogP contribution in [-0.2, 0) is 14.3 Å². The third-order valence-electron chi connectivity index (χ3n) is 1.45. The summed E-state index contributed by atoms with van der Waals surface area (Å²) >= 11 is 0. The molecule has 0 saturated carbocycles. The van der Waals surface area contributed by atoms with Gasteiger partial charge in [-0.2, -0.15) is 0 Å². The molecule has 0 aromatic carbocycles. The summed E-state index contributed by atoms with van der Waals surface area (Å²) in [5, 5.41) is 5.19. The van der Waals surface area contributed by atoms with Crippen LogP contribution in [0.25, 0.3) is 0 Å². The normalized spacial score (nSPS) is 9.93. The molecule has 0 atom stereocenters. The molecule has 2 amide bonds. The van der Waals surface area contributed by atoms with Crippen LogP contribution in [-0.4, -0.2) is 38.1 Å². The Balaban J connectivity index is 3.22. The molecule has 0 rings (SSSR count). The molecule has 0 radical (unpaired) electrons. The van der Waals surface area contributed by atoms with Crippen LogP contribution in [0.1, 0.15) is 20.3 Å². The van der Waals surface area contributed by atoms with Crippen LogP contribution in [0.15, 0.2) is 0 Å². The monoisotopic (exact) mass is 202 g/mol. The van der Waals surface area contributed by atoms with Crippen LogP contribution in [0.5, 0.6) is 0 Å². The number of hydrogen-bond donors (Lipinski definition) is 2. The third-order valence-corrected chi connectivity index (χ3v) is 1.45. The fourth-order valence-electron chi connectivity index (χ4n) is 0.771. The van der Waals surface area contributed by atoms with Crippen LogP contribution in [0.4, 0.5) is 0 Å². The van der Waals surface area contributed by atoms with Crippen molar-refractivity contribution in [3.63, 3.8) is 0 Å². The Morgan fingerprint density at radius 2 is 2.14 bits per heavy atom. The molecule has 0 aliphatic heterocycles. The molecular formula is C9H18N2O3. The number of carbonyl (C=O) groups is 2. The van der Waals surface area contributed by atoms with E-state index in [0.29, 0.717) is 19.5 Å². The van der Waals surface area contributed by atoms with Gasteiger partial charge >= 0.3 is 0 Å². The van der Waals surface area contributed by atoms with Gasteiger partial charge in [0.15, 0.2) is 0 Å². The van der Waals surface area contributed by atoms with Gasteiger partial charge < -0.3 is 15.4 Å². The summed E-state index contributed by atoms with van der Waals surface area (Å²) in [7, 11) is 0. The highest BCUT2D eigenvalue weighted by molar-refractivity contribution is 5.77. The van der Waals surface area contributed by atoms with Gasteiger partial charge in [-0.15, -0.1) is 0 Å². The summed E-state index contributed by atoms with van der Waals surface area (Å²) in [5.74, 6) is -0.121. The zero-order valence-electron chi connectivity index (χ0n) is 8.71. The second-order valence-corrected chi connectivity index (χ2v) is 3.14. The molecule has 0 fully saturated rings. The first-order chi connectivity index (χ1) is 6.66. The van der Waals surface area contributed by atoms with Crippen LogP contribution < -0.4 is 10.6 Å². The average molecular weight is 202 g/mol. The van der Waals surface area contributed by atoms with E-state index >= 15 is 0 Å². The summed E-state index contributed by atoms with van der Waals surface area (Å²) in [6.07, 6.45) is 1.44. The van der Waals surface area contributed by atoms with Crippen LogP contribution in [0.3, 0.4) is 0 Å². The lowest BCUT2D eigenvalue weighted by Crippen LogP contribution is -2.31. The molecule has 5 nitrogen and oxygen atoms in total. The summed E-state index contributed by atoms with van der Waals surface area (Å²) in [6, 6.07) is 0. The highest BCUT2D eigenvalue weighted by atomic mass is 16.5. The zero-order chi connectivity index (χ0) is 10.8. The zero-order valence-corrected chi connectivity index (χ0v) is 8.71. The number of carbonyl (C=O) groups excluding carboxylic acids is 2. The predicted octanol–water partition coefficient (Wildman–Crippen LogP) is -0.336.